The van der Waals surface area contributed by atoms with E-state index in [1.54, 1.807) is 0 Å². The number of rotatable bonds is 14. The number of fused-ring (bicyclic) bond motifs is 1. The van der Waals surface area contributed by atoms with Gasteiger partial charge in [0, 0.05) is 12.8 Å². The van der Waals surface area contributed by atoms with Crippen molar-refractivity contribution >= 4 is 17.3 Å². The van der Waals surface area contributed by atoms with Crippen molar-refractivity contribution in [3.63, 3.8) is 0 Å². The predicted molar refractivity (Wildman–Crippen MR) is 121 cm³/mol. The summed E-state index contributed by atoms with van der Waals surface area (Å²) in [5, 5.41) is 9.59. The SMILES string of the molecule is O=C(CCCCCCCCCCCCc1ccc2c(c1)OCO2)C1C(=O)CCC(O)C1=O. The number of aliphatic hydroxyl groups excluding tert-OH is 1. The number of Topliss-reactive ketones (excluding diaryl/α,β-unsaturated/α-hetero) is 3. The van der Waals surface area contributed by atoms with Crippen LogP contribution in [0.4, 0.5) is 0 Å². The van der Waals surface area contributed by atoms with E-state index in [9.17, 15) is 19.5 Å². The molecule has 1 aliphatic carbocycles. The van der Waals surface area contributed by atoms with Gasteiger partial charge in [0.05, 0.1) is 0 Å². The van der Waals surface area contributed by atoms with Gasteiger partial charge in [-0.1, -0.05) is 57.4 Å². The molecular weight excluding hydrogens is 408 g/mol. The maximum atomic E-state index is 12.2. The maximum Gasteiger partial charge on any atom is 0.231 e. The van der Waals surface area contributed by atoms with Crippen LogP contribution in [0.1, 0.15) is 89.0 Å². The zero-order chi connectivity index (χ0) is 22.8. The van der Waals surface area contributed by atoms with E-state index in [1.165, 1.54) is 44.1 Å². The van der Waals surface area contributed by atoms with Crippen LogP contribution in [-0.4, -0.2) is 35.4 Å². The first kappa shape index (κ1) is 24.4. The summed E-state index contributed by atoms with van der Waals surface area (Å²) in [7, 11) is 0. The Morgan fingerprint density at radius 2 is 1.50 bits per heavy atom. The quantitative estimate of drug-likeness (QED) is 0.330. The molecule has 2 unspecified atom stereocenters. The molecule has 3 rings (SSSR count). The normalized spacial score (nSPS) is 20.0. The minimum absolute atomic E-state index is 0.127. The minimum atomic E-state index is -1.20. The van der Waals surface area contributed by atoms with Crippen molar-refractivity contribution in [1.82, 2.24) is 0 Å². The van der Waals surface area contributed by atoms with Crippen LogP contribution in [0.15, 0.2) is 18.2 Å². The molecule has 1 saturated carbocycles. The average molecular weight is 445 g/mol. The number of aryl methyl sites for hydroxylation is 1. The third-order valence-corrected chi connectivity index (χ3v) is 6.50. The number of benzene rings is 1. The van der Waals surface area contributed by atoms with Crippen molar-refractivity contribution in [2.45, 2.75) is 96.0 Å². The number of ketones is 3. The molecule has 1 fully saturated rings. The number of aliphatic hydroxyl groups is 1. The van der Waals surface area contributed by atoms with Crippen LogP contribution >= 0.6 is 0 Å². The fraction of sp³-hybridized carbons (Fsp3) is 0.654. The highest BCUT2D eigenvalue weighted by atomic mass is 16.7. The summed E-state index contributed by atoms with van der Waals surface area (Å²) in [6, 6.07) is 6.20. The van der Waals surface area contributed by atoms with Crippen molar-refractivity contribution < 1.29 is 29.0 Å². The zero-order valence-corrected chi connectivity index (χ0v) is 19.0. The average Bonchev–Trinajstić information content (AvgIpc) is 3.25. The van der Waals surface area contributed by atoms with E-state index in [1.807, 2.05) is 6.07 Å². The van der Waals surface area contributed by atoms with Crippen LogP contribution in [0, 0.1) is 5.92 Å². The summed E-state index contributed by atoms with van der Waals surface area (Å²) in [6.45, 7) is 0.324. The van der Waals surface area contributed by atoms with Gasteiger partial charge in [-0.3, -0.25) is 14.4 Å². The van der Waals surface area contributed by atoms with Crippen LogP contribution in [0.2, 0.25) is 0 Å². The lowest BCUT2D eigenvalue weighted by molar-refractivity contribution is -0.147. The van der Waals surface area contributed by atoms with E-state index in [2.05, 4.69) is 12.1 Å². The second-order valence-electron chi connectivity index (χ2n) is 9.05. The van der Waals surface area contributed by atoms with Crippen LogP contribution in [-0.2, 0) is 20.8 Å². The summed E-state index contributed by atoms with van der Waals surface area (Å²) in [4.78, 5) is 35.9. The summed E-state index contributed by atoms with van der Waals surface area (Å²) < 4.78 is 10.8. The Morgan fingerprint density at radius 1 is 0.875 bits per heavy atom. The Hall–Kier alpha value is -2.21. The van der Waals surface area contributed by atoms with Crippen molar-refractivity contribution in [1.29, 1.82) is 0 Å². The van der Waals surface area contributed by atoms with E-state index >= 15 is 0 Å². The molecule has 6 heteroatoms. The van der Waals surface area contributed by atoms with Crippen LogP contribution < -0.4 is 9.47 Å². The molecule has 176 valence electrons. The van der Waals surface area contributed by atoms with E-state index in [0.717, 1.165) is 37.2 Å². The molecule has 0 aromatic heterocycles. The van der Waals surface area contributed by atoms with Crippen molar-refractivity contribution in [2.24, 2.45) is 5.92 Å². The largest absolute Gasteiger partial charge is 0.454 e. The maximum absolute atomic E-state index is 12.2. The number of hydrogen-bond donors (Lipinski definition) is 1. The Morgan fingerprint density at radius 3 is 2.22 bits per heavy atom. The molecule has 2 aliphatic rings. The second kappa shape index (κ2) is 12.7. The minimum Gasteiger partial charge on any atom is -0.454 e. The first-order valence-corrected chi connectivity index (χ1v) is 12.2. The molecule has 0 bridgehead atoms. The molecule has 1 aromatic rings. The number of carbonyl (C=O) groups excluding carboxylic acids is 3. The van der Waals surface area contributed by atoms with E-state index in [0.29, 0.717) is 13.2 Å². The summed E-state index contributed by atoms with van der Waals surface area (Å²) >= 11 is 0. The van der Waals surface area contributed by atoms with Gasteiger partial charge in [0.15, 0.2) is 28.8 Å². The highest BCUT2D eigenvalue weighted by Crippen LogP contribution is 2.33. The molecule has 0 spiro atoms. The molecule has 0 amide bonds. The molecule has 1 heterocycles. The van der Waals surface area contributed by atoms with E-state index in [-0.39, 0.29) is 30.8 Å². The lowest BCUT2D eigenvalue weighted by atomic mass is 9.81. The highest BCUT2D eigenvalue weighted by Gasteiger charge is 2.40. The van der Waals surface area contributed by atoms with Gasteiger partial charge in [-0.15, -0.1) is 0 Å². The summed E-state index contributed by atoms with van der Waals surface area (Å²) in [6.07, 6.45) is 11.8. The summed E-state index contributed by atoms with van der Waals surface area (Å²) in [5.41, 5.74) is 1.31. The molecule has 1 N–H and O–H groups in total. The first-order valence-electron chi connectivity index (χ1n) is 12.2. The van der Waals surface area contributed by atoms with Crippen LogP contribution in [0.3, 0.4) is 0 Å². The van der Waals surface area contributed by atoms with Gasteiger partial charge in [0.1, 0.15) is 12.0 Å². The number of ether oxygens (including phenoxy) is 2. The number of carbonyl (C=O) groups is 3. The Kier molecular flexibility index (Phi) is 9.72. The Labute approximate surface area is 190 Å². The second-order valence-corrected chi connectivity index (χ2v) is 9.05. The van der Waals surface area contributed by atoms with E-state index < -0.39 is 17.8 Å². The molecule has 2 atom stereocenters. The van der Waals surface area contributed by atoms with Gasteiger partial charge in [0.25, 0.3) is 0 Å². The zero-order valence-electron chi connectivity index (χ0n) is 19.0. The lowest BCUT2D eigenvalue weighted by Gasteiger charge is -2.22. The molecule has 1 aliphatic heterocycles. The van der Waals surface area contributed by atoms with Gasteiger partial charge in [-0.2, -0.15) is 0 Å². The van der Waals surface area contributed by atoms with Gasteiger partial charge in [-0.05, 0) is 43.4 Å². The van der Waals surface area contributed by atoms with E-state index in [4.69, 9.17) is 9.47 Å². The van der Waals surface area contributed by atoms with Gasteiger partial charge in [-0.25, -0.2) is 0 Å². The number of hydrogen-bond acceptors (Lipinski definition) is 6. The molecular formula is C26H36O6. The third kappa shape index (κ3) is 7.16. The lowest BCUT2D eigenvalue weighted by Crippen LogP contribution is -2.43. The smallest absolute Gasteiger partial charge is 0.231 e. The molecule has 1 aromatic carbocycles. The highest BCUT2D eigenvalue weighted by molar-refractivity contribution is 6.21. The Bertz CT molecular complexity index is 787. The molecule has 0 radical (unpaired) electrons. The van der Waals surface area contributed by atoms with Crippen molar-refractivity contribution in [3.8, 4) is 11.5 Å². The molecule has 0 saturated heterocycles. The van der Waals surface area contributed by atoms with Gasteiger partial charge >= 0.3 is 0 Å². The van der Waals surface area contributed by atoms with Gasteiger partial charge < -0.3 is 14.6 Å². The summed E-state index contributed by atoms with van der Waals surface area (Å²) in [5.74, 6) is -0.720. The molecule has 32 heavy (non-hydrogen) atoms. The first-order chi connectivity index (χ1) is 15.6. The fourth-order valence-electron chi connectivity index (χ4n) is 4.54. The Balaban J connectivity index is 1.13. The standard InChI is InChI=1S/C26H36O6/c27-20(25-21(28)14-15-22(29)26(25)30)12-10-8-6-4-2-1-3-5-7-9-11-19-13-16-23-24(17-19)32-18-31-23/h13,16-17,22,25,29H,1-12,14-15,18H2. The topological polar surface area (TPSA) is 89.9 Å². The fourth-order valence-corrected chi connectivity index (χ4v) is 4.54. The predicted octanol–water partition coefficient (Wildman–Crippen LogP) is 4.73. The third-order valence-electron chi connectivity index (χ3n) is 6.50. The number of unbranched alkanes of at least 4 members (excludes halogenated alkanes) is 9. The van der Waals surface area contributed by atoms with Crippen LogP contribution in [0.25, 0.3) is 0 Å². The van der Waals surface area contributed by atoms with Crippen molar-refractivity contribution in [2.75, 3.05) is 6.79 Å². The van der Waals surface area contributed by atoms with Crippen molar-refractivity contribution in [3.05, 3.63) is 23.8 Å². The van der Waals surface area contributed by atoms with Crippen LogP contribution in [0.5, 0.6) is 11.5 Å². The molecule has 6 nitrogen and oxygen atoms in total. The monoisotopic (exact) mass is 444 g/mol. The van der Waals surface area contributed by atoms with Gasteiger partial charge in [0.2, 0.25) is 6.79 Å².